The summed E-state index contributed by atoms with van der Waals surface area (Å²) < 4.78 is 11.4. The zero-order valence-corrected chi connectivity index (χ0v) is 16.6. The Labute approximate surface area is 161 Å². The van der Waals surface area contributed by atoms with Crippen LogP contribution in [-0.4, -0.2) is 53.3 Å². The van der Waals surface area contributed by atoms with Crippen LogP contribution in [0.4, 0.5) is 4.79 Å². The first kappa shape index (κ1) is 19.7. The highest BCUT2D eigenvalue weighted by Gasteiger charge is 2.61. The summed E-state index contributed by atoms with van der Waals surface area (Å²) in [6.45, 7) is 14.7. The van der Waals surface area contributed by atoms with E-state index in [4.69, 9.17) is 9.47 Å². The summed E-state index contributed by atoms with van der Waals surface area (Å²) in [5.41, 5.74) is 0.265. The molecule has 2 aliphatic heterocycles. The summed E-state index contributed by atoms with van der Waals surface area (Å²) in [7, 11) is 0. The minimum absolute atomic E-state index is 0.00956. The topological polar surface area (TPSA) is 67.9 Å². The molecule has 1 N–H and O–H groups in total. The molecule has 2 bridgehead atoms. The molecule has 2 amide bonds. The van der Waals surface area contributed by atoms with E-state index in [1.807, 2.05) is 31.7 Å². The molecule has 3 aliphatic rings. The maximum atomic E-state index is 13.3. The van der Waals surface area contributed by atoms with E-state index in [-0.39, 0.29) is 5.91 Å². The third kappa shape index (κ3) is 3.81. The predicted molar refractivity (Wildman–Crippen MR) is 103 cm³/mol. The maximum absolute atomic E-state index is 13.3. The lowest BCUT2D eigenvalue weighted by Gasteiger charge is -2.35. The fourth-order valence-corrected chi connectivity index (χ4v) is 4.29. The standard InChI is InChI=1S/C21H30N2O4/c1-6-15-8-11-23(12-16(15)7-2)17(24)21-10-9-20(13-21,14-26-21)22-18(25)27-19(3,4)5/h6-7H,1-2,8-14H2,3-5H3,(H,22,25). The van der Waals surface area contributed by atoms with Crippen molar-refractivity contribution in [3.63, 3.8) is 0 Å². The molecule has 1 saturated carbocycles. The van der Waals surface area contributed by atoms with Crippen LogP contribution in [0.1, 0.15) is 46.5 Å². The van der Waals surface area contributed by atoms with Crippen LogP contribution in [-0.2, 0) is 14.3 Å². The first-order valence-electron chi connectivity index (χ1n) is 9.53. The number of alkyl carbamates (subject to hydrolysis) is 1. The zero-order chi connectivity index (χ0) is 19.9. The molecule has 2 heterocycles. The molecule has 148 valence electrons. The molecule has 2 unspecified atom stereocenters. The van der Waals surface area contributed by atoms with Crippen molar-refractivity contribution >= 4 is 12.0 Å². The van der Waals surface area contributed by atoms with E-state index in [0.717, 1.165) is 17.6 Å². The molecule has 3 rings (SSSR count). The number of hydrogen-bond acceptors (Lipinski definition) is 4. The highest BCUT2D eigenvalue weighted by molar-refractivity contribution is 5.87. The van der Waals surface area contributed by atoms with E-state index < -0.39 is 22.8 Å². The molecule has 0 aromatic carbocycles. The van der Waals surface area contributed by atoms with Crippen molar-refractivity contribution in [3.8, 4) is 0 Å². The summed E-state index contributed by atoms with van der Waals surface area (Å²) in [6, 6.07) is 0. The third-order valence-corrected chi connectivity index (χ3v) is 5.62. The van der Waals surface area contributed by atoms with Crippen molar-refractivity contribution in [3.05, 3.63) is 36.5 Å². The number of fused-ring (bicyclic) bond motifs is 2. The van der Waals surface area contributed by atoms with Crippen LogP contribution in [0.15, 0.2) is 36.5 Å². The summed E-state index contributed by atoms with van der Waals surface area (Å²) in [4.78, 5) is 27.3. The molecule has 0 radical (unpaired) electrons. The van der Waals surface area contributed by atoms with Crippen LogP contribution < -0.4 is 5.32 Å². The van der Waals surface area contributed by atoms with Gasteiger partial charge in [-0.2, -0.15) is 0 Å². The molecule has 0 spiro atoms. The third-order valence-electron chi connectivity index (χ3n) is 5.62. The molecule has 1 saturated heterocycles. The Balaban J connectivity index is 1.68. The van der Waals surface area contributed by atoms with Gasteiger partial charge in [0.1, 0.15) is 11.2 Å². The Morgan fingerprint density at radius 1 is 1.22 bits per heavy atom. The number of carbonyl (C=O) groups is 2. The lowest BCUT2D eigenvalue weighted by molar-refractivity contribution is -0.154. The number of allylic oxidation sites excluding steroid dienone is 1. The molecule has 0 aromatic heterocycles. The van der Waals surface area contributed by atoms with Gasteiger partial charge in [0.05, 0.1) is 12.1 Å². The normalized spacial score (nSPS) is 30.3. The second-order valence-corrected chi connectivity index (χ2v) is 8.80. The predicted octanol–water partition coefficient (Wildman–Crippen LogP) is 3.10. The number of nitrogens with one attached hydrogen (secondary N) is 1. The van der Waals surface area contributed by atoms with Crippen LogP contribution in [0.25, 0.3) is 0 Å². The molecular weight excluding hydrogens is 344 g/mol. The fraction of sp³-hybridized carbons (Fsp3) is 0.619. The van der Waals surface area contributed by atoms with Gasteiger partial charge >= 0.3 is 6.09 Å². The Bertz CT molecular complexity index is 693. The summed E-state index contributed by atoms with van der Waals surface area (Å²) in [5.74, 6) is 0.00956. The van der Waals surface area contributed by atoms with Gasteiger partial charge in [0.2, 0.25) is 0 Å². The lowest BCUT2D eigenvalue weighted by atomic mass is 9.95. The van der Waals surface area contributed by atoms with Crippen molar-refractivity contribution < 1.29 is 19.1 Å². The number of nitrogens with zero attached hydrogens (tertiary/aromatic N) is 1. The van der Waals surface area contributed by atoms with Gasteiger partial charge in [-0.05, 0) is 51.2 Å². The smallest absolute Gasteiger partial charge is 0.408 e. The largest absolute Gasteiger partial charge is 0.444 e. The first-order valence-corrected chi connectivity index (χ1v) is 9.53. The Kier molecular flexibility index (Phi) is 4.97. The van der Waals surface area contributed by atoms with Crippen molar-refractivity contribution in [2.45, 2.75) is 63.2 Å². The second-order valence-electron chi connectivity index (χ2n) is 8.80. The van der Waals surface area contributed by atoms with Gasteiger partial charge in [0, 0.05) is 19.5 Å². The molecular formula is C21H30N2O4. The molecule has 6 heteroatoms. The number of amides is 2. The van der Waals surface area contributed by atoms with Crippen molar-refractivity contribution in [1.29, 1.82) is 0 Å². The molecule has 6 nitrogen and oxygen atoms in total. The van der Waals surface area contributed by atoms with Gasteiger partial charge < -0.3 is 19.7 Å². The van der Waals surface area contributed by atoms with E-state index in [1.165, 1.54) is 0 Å². The first-order chi connectivity index (χ1) is 12.6. The second kappa shape index (κ2) is 6.82. The van der Waals surface area contributed by atoms with Crippen LogP contribution in [0.5, 0.6) is 0 Å². The van der Waals surface area contributed by atoms with Gasteiger partial charge in [-0.15, -0.1) is 0 Å². The lowest BCUT2D eigenvalue weighted by Crippen LogP contribution is -2.50. The number of ether oxygens (including phenoxy) is 2. The average molecular weight is 374 g/mol. The Morgan fingerprint density at radius 2 is 1.93 bits per heavy atom. The highest BCUT2D eigenvalue weighted by Crippen LogP contribution is 2.48. The quantitative estimate of drug-likeness (QED) is 0.821. The molecule has 1 aliphatic carbocycles. The van der Waals surface area contributed by atoms with Crippen LogP contribution in [0.3, 0.4) is 0 Å². The fourth-order valence-electron chi connectivity index (χ4n) is 4.29. The van der Waals surface area contributed by atoms with Gasteiger partial charge in [0.15, 0.2) is 0 Å². The van der Waals surface area contributed by atoms with Crippen LogP contribution in [0, 0.1) is 0 Å². The van der Waals surface area contributed by atoms with Gasteiger partial charge in [-0.1, -0.05) is 25.3 Å². The van der Waals surface area contributed by atoms with Crippen molar-refractivity contribution in [1.82, 2.24) is 10.2 Å². The van der Waals surface area contributed by atoms with E-state index in [2.05, 4.69) is 18.5 Å². The zero-order valence-electron chi connectivity index (χ0n) is 16.6. The number of hydrogen-bond donors (Lipinski definition) is 1. The molecule has 27 heavy (non-hydrogen) atoms. The molecule has 2 fully saturated rings. The summed E-state index contributed by atoms with van der Waals surface area (Å²) >= 11 is 0. The summed E-state index contributed by atoms with van der Waals surface area (Å²) in [6.07, 6.45) is 5.78. The minimum atomic E-state index is -0.840. The van der Waals surface area contributed by atoms with E-state index in [9.17, 15) is 9.59 Å². The van der Waals surface area contributed by atoms with Crippen LogP contribution >= 0.6 is 0 Å². The van der Waals surface area contributed by atoms with E-state index in [0.29, 0.717) is 39.0 Å². The van der Waals surface area contributed by atoms with Gasteiger partial charge in [-0.25, -0.2) is 4.79 Å². The van der Waals surface area contributed by atoms with E-state index >= 15 is 0 Å². The Morgan fingerprint density at radius 3 is 2.48 bits per heavy atom. The van der Waals surface area contributed by atoms with Crippen molar-refractivity contribution in [2.24, 2.45) is 0 Å². The minimum Gasteiger partial charge on any atom is -0.444 e. The van der Waals surface area contributed by atoms with Gasteiger partial charge in [0.25, 0.3) is 5.91 Å². The SMILES string of the molecule is C=CC1=C(C=C)CN(C(=O)C23CCC(NC(=O)OC(C)(C)C)(CO2)C3)CC1. The van der Waals surface area contributed by atoms with Crippen LogP contribution in [0.2, 0.25) is 0 Å². The highest BCUT2D eigenvalue weighted by atomic mass is 16.6. The monoisotopic (exact) mass is 374 g/mol. The average Bonchev–Trinajstić information content (AvgIpc) is 3.15. The van der Waals surface area contributed by atoms with Gasteiger partial charge in [-0.3, -0.25) is 4.79 Å². The molecule has 2 atom stereocenters. The van der Waals surface area contributed by atoms with E-state index in [1.54, 1.807) is 6.08 Å². The Hall–Kier alpha value is -2.08. The van der Waals surface area contributed by atoms with Crippen molar-refractivity contribution in [2.75, 3.05) is 19.7 Å². The summed E-state index contributed by atoms with van der Waals surface area (Å²) in [5, 5.41) is 2.96. The maximum Gasteiger partial charge on any atom is 0.408 e. The number of carbonyl (C=O) groups excluding carboxylic acids is 2. The number of rotatable bonds is 4. The molecule has 0 aromatic rings.